The fraction of sp³-hybridized carbons (Fsp3) is 0.667. The van der Waals surface area contributed by atoms with Gasteiger partial charge < -0.3 is 15.4 Å². The maximum Gasteiger partial charge on any atom is 0.217 e. The Labute approximate surface area is 83.2 Å². The van der Waals surface area contributed by atoms with Gasteiger partial charge in [0.05, 0.1) is 6.04 Å². The van der Waals surface area contributed by atoms with Gasteiger partial charge in [-0.15, -0.1) is 0 Å². The zero-order chi connectivity index (χ0) is 11.0. The number of carbonyl (C=O) groups excluding carboxylic acids is 3. The summed E-state index contributed by atoms with van der Waals surface area (Å²) in [6.07, 6.45) is 1.92. The number of hydrogen-bond donors (Lipinski definition) is 2. The molecule has 0 bridgehead atoms. The van der Waals surface area contributed by atoms with E-state index in [9.17, 15) is 14.4 Å². The Hall–Kier alpha value is -1.39. The van der Waals surface area contributed by atoms with Crippen LogP contribution in [0.3, 0.4) is 0 Å². The molecule has 0 aromatic rings. The fourth-order valence-corrected chi connectivity index (χ4v) is 1.02. The van der Waals surface area contributed by atoms with Gasteiger partial charge in [0.1, 0.15) is 6.29 Å². The standard InChI is InChI=1S/C9H16N2O3/c1-7(13)10-5-3-4-9(6-12)11-8(2)14/h6,9H,3-5H2,1-2H3,(H,10,13)(H,11,14). The van der Waals surface area contributed by atoms with Crippen LogP contribution >= 0.6 is 0 Å². The highest BCUT2D eigenvalue weighted by Gasteiger charge is 2.07. The highest BCUT2D eigenvalue weighted by atomic mass is 16.2. The van der Waals surface area contributed by atoms with E-state index in [2.05, 4.69) is 10.6 Å². The molecule has 1 atom stereocenters. The summed E-state index contributed by atoms with van der Waals surface area (Å²) in [7, 11) is 0. The number of hydrogen-bond acceptors (Lipinski definition) is 3. The summed E-state index contributed by atoms with van der Waals surface area (Å²) >= 11 is 0. The van der Waals surface area contributed by atoms with Crippen LogP contribution in [0.25, 0.3) is 0 Å². The smallest absolute Gasteiger partial charge is 0.217 e. The van der Waals surface area contributed by atoms with Crippen LogP contribution in [-0.4, -0.2) is 30.7 Å². The van der Waals surface area contributed by atoms with E-state index < -0.39 is 6.04 Å². The average molecular weight is 200 g/mol. The number of amides is 2. The van der Waals surface area contributed by atoms with Crippen molar-refractivity contribution in [2.75, 3.05) is 6.54 Å². The molecule has 0 aliphatic carbocycles. The minimum Gasteiger partial charge on any atom is -0.356 e. The molecule has 0 saturated carbocycles. The number of aldehydes is 1. The van der Waals surface area contributed by atoms with Gasteiger partial charge in [-0.3, -0.25) is 9.59 Å². The zero-order valence-electron chi connectivity index (χ0n) is 8.50. The van der Waals surface area contributed by atoms with Gasteiger partial charge in [0.25, 0.3) is 0 Å². The summed E-state index contributed by atoms with van der Waals surface area (Å²) in [6.45, 7) is 3.33. The predicted octanol–water partition coefficient (Wildman–Crippen LogP) is -0.394. The third-order valence-electron chi connectivity index (χ3n) is 1.62. The zero-order valence-corrected chi connectivity index (χ0v) is 8.50. The summed E-state index contributed by atoms with van der Waals surface area (Å²) in [6, 6.07) is -0.443. The molecule has 1 unspecified atom stereocenters. The Kier molecular flexibility index (Phi) is 6.36. The minimum absolute atomic E-state index is 0.0906. The van der Waals surface area contributed by atoms with Crippen LogP contribution in [0.1, 0.15) is 26.7 Å². The number of nitrogens with one attached hydrogen (secondary N) is 2. The van der Waals surface area contributed by atoms with Crippen molar-refractivity contribution in [3.8, 4) is 0 Å². The lowest BCUT2D eigenvalue weighted by Crippen LogP contribution is -2.35. The highest BCUT2D eigenvalue weighted by Crippen LogP contribution is 1.93. The Morgan fingerprint density at radius 3 is 2.36 bits per heavy atom. The van der Waals surface area contributed by atoms with Gasteiger partial charge in [-0.2, -0.15) is 0 Å². The molecule has 80 valence electrons. The molecular weight excluding hydrogens is 184 g/mol. The summed E-state index contributed by atoms with van der Waals surface area (Å²) in [4.78, 5) is 31.6. The van der Waals surface area contributed by atoms with E-state index >= 15 is 0 Å². The maximum atomic E-state index is 10.6. The summed E-state index contributed by atoms with van der Waals surface area (Å²) in [5, 5.41) is 5.11. The Balaban J connectivity index is 3.57. The highest BCUT2D eigenvalue weighted by molar-refractivity contribution is 5.77. The monoisotopic (exact) mass is 200 g/mol. The fourth-order valence-electron chi connectivity index (χ4n) is 1.02. The van der Waals surface area contributed by atoms with Crippen molar-refractivity contribution in [2.45, 2.75) is 32.7 Å². The molecule has 0 radical (unpaired) electrons. The van der Waals surface area contributed by atoms with E-state index in [1.54, 1.807) is 0 Å². The van der Waals surface area contributed by atoms with Crippen LogP contribution in [0.15, 0.2) is 0 Å². The van der Waals surface area contributed by atoms with Crippen LogP contribution in [0, 0.1) is 0 Å². The van der Waals surface area contributed by atoms with Crippen molar-refractivity contribution in [3.05, 3.63) is 0 Å². The van der Waals surface area contributed by atoms with E-state index in [0.717, 1.165) is 0 Å². The maximum absolute atomic E-state index is 10.6. The van der Waals surface area contributed by atoms with Gasteiger partial charge in [-0.1, -0.05) is 0 Å². The summed E-state index contributed by atoms with van der Waals surface area (Å²) < 4.78 is 0. The molecule has 0 aromatic carbocycles. The lowest BCUT2D eigenvalue weighted by atomic mass is 10.2. The van der Waals surface area contributed by atoms with Gasteiger partial charge in [0, 0.05) is 20.4 Å². The molecule has 14 heavy (non-hydrogen) atoms. The molecule has 5 heteroatoms. The van der Waals surface area contributed by atoms with E-state index in [-0.39, 0.29) is 11.8 Å². The van der Waals surface area contributed by atoms with E-state index in [4.69, 9.17) is 0 Å². The van der Waals surface area contributed by atoms with Crippen LogP contribution in [0.2, 0.25) is 0 Å². The van der Waals surface area contributed by atoms with Gasteiger partial charge in [-0.05, 0) is 12.8 Å². The number of carbonyl (C=O) groups is 3. The predicted molar refractivity (Wildman–Crippen MR) is 51.6 cm³/mol. The molecule has 5 nitrogen and oxygen atoms in total. The second kappa shape index (κ2) is 7.06. The van der Waals surface area contributed by atoms with Crippen molar-refractivity contribution < 1.29 is 14.4 Å². The van der Waals surface area contributed by atoms with Crippen LogP contribution in [0.4, 0.5) is 0 Å². The van der Waals surface area contributed by atoms with Gasteiger partial charge >= 0.3 is 0 Å². The molecule has 0 aliphatic rings. The first-order valence-corrected chi connectivity index (χ1v) is 4.53. The second-order valence-electron chi connectivity index (χ2n) is 3.07. The Morgan fingerprint density at radius 2 is 1.93 bits per heavy atom. The van der Waals surface area contributed by atoms with Gasteiger partial charge in [0.15, 0.2) is 0 Å². The van der Waals surface area contributed by atoms with Crippen molar-refractivity contribution >= 4 is 18.1 Å². The molecule has 0 fully saturated rings. The molecular formula is C9H16N2O3. The lowest BCUT2D eigenvalue weighted by Gasteiger charge is -2.10. The van der Waals surface area contributed by atoms with Crippen molar-refractivity contribution in [1.29, 1.82) is 0 Å². The van der Waals surface area contributed by atoms with Crippen molar-refractivity contribution in [1.82, 2.24) is 10.6 Å². The first kappa shape index (κ1) is 12.6. The normalized spacial score (nSPS) is 11.6. The molecule has 0 spiro atoms. The molecule has 0 aromatic heterocycles. The van der Waals surface area contributed by atoms with Gasteiger partial charge in [0.2, 0.25) is 11.8 Å². The van der Waals surface area contributed by atoms with Crippen molar-refractivity contribution in [3.63, 3.8) is 0 Å². The SMILES string of the molecule is CC(=O)NCCCC(C=O)NC(C)=O. The average Bonchev–Trinajstić information content (AvgIpc) is 2.09. The first-order chi connectivity index (χ1) is 6.56. The van der Waals surface area contributed by atoms with Crippen molar-refractivity contribution in [2.24, 2.45) is 0 Å². The third kappa shape index (κ3) is 7.27. The minimum atomic E-state index is -0.443. The Morgan fingerprint density at radius 1 is 1.29 bits per heavy atom. The molecule has 0 saturated heterocycles. The largest absolute Gasteiger partial charge is 0.356 e. The molecule has 0 aliphatic heterocycles. The summed E-state index contributed by atoms with van der Waals surface area (Å²) in [5.74, 6) is -0.311. The van der Waals surface area contributed by atoms with E-state index in [0.29, 0.717) is 25.7 Å². The Bertz CT molecular complexity index is 216. The molecule has 0 rings (SSSR count). The number of rotatable bonds is 6. The third-order valence-corrected chi connectivity index (χ3v) is 1.62. The van der Waals surface area contributed by atoms with E-state index in [1.165, 1.54) is 13.8 Å². The molecule has 2 amide bonds. The second-order valence-corrected chi connectivity index (χ2v) is 3.07. The van der Waals surface area contributed by atoms with Crippen LogP contribution < -0.4 is 10.6 Å². The van der Waals surface area contributed by atoms with E-state index in [1.807, 2.05) is 0 Å². The van der Waals surface area contributed by atoms with Crippen LogP contribution in [0.5, 0.6) is 0 Å². The molecule has 0 heterocycles. The van der Waals surface area contributed by atoms with Crippen LogP contribution in [-0.2, 0) is 14.4 Å². The first-order valence-electron chi connectivity index (χ1n) is 4.53. The molecule has 2 N–H and O–H groups in total. The van der Waals surface area contributed by atoms with Gasteiger partial charge in [-0.25, -0.2) is 0 Å². The summed E-state index contributed by atoms with van der Waals surface area (Å²) in [5.41, 5.74) is 0. The quantitative estimate of drug-likeness (QED) is 0.453. The lowest BCUT2D eigenvalue weighted by molar-refractivity contribution is -0.122. The topological polar surface area (TPSA) is 75.3 Å².